The van der Waals surface area contributed by atoms with Gasteiger partial charge in [-0.15, -0.1) is 0 Å². The van der Waals surface area contributed by atoms with Crippen LogP contribution in [0.5, 0.6) is 0 Å². The molecule has 1 amide bonds. The predicted octanol–water partition coefficient (Wildman–Crippen LogP) is 2.34. The molecule has 2 heterocycles. The molecule has 1 aromatic carbocycles. The van der Waals surface area contributed by atoms with Gasteiger partial charge < -0.3 is 9.32 Å². The first-order chi connectivity index (χ1) is 13.3. The molecule has 0 atom stereocenters. The number of aryl methyl sites for hydroxylation is 1. The van der Waals surface area contributed by atoms with Crippen LogP contribution >= 0.6 is 0 Å². The van der Waals surface area contributed by atoms with Gasteiger partial charge in [0.05, 0.1) is 4.90 Å². The zero-order chi connectivity index (χ0) is 20.3. The van der Waals surface area contributed by atoms with Crippen LogP contribution in [0.4, 0.5) is 0 Å². The number of hydrogen-bond acceptors (Lipinski definition) is 5. The average molecular weight is 402 g/mol. The maximum absolute atomic E-state index is 12.8. The lowest BCUT2D eigenvalue weighted by atomic mass is 10.2. The van der Waals surface area contributed by atoms with E-state index in [0.29, 0.717) is 24.4 Å². The van der Waals surface area contributed by atoms with E-state index in [1.807, 2.05) is 13.0 Å². The minimum atomic E-state index is -3.66. The second kappa shape index (κ2) is 8.12. The highest BCUT2D eigenvalue weighted by molar-refractivity contribution is 7.89. The molecule has 7 nitrogen and oxygen atoms in total. The first-order valence-corrected chi connectivity index (χ1v) is 10.4. The Kier molecular flexibility index (Phi) is 5.81. The number of rotatable bonds is 5. The Morgan fingerprint density at radius 2 is 1.64 bits per heavy atom. The van der Waals surface area contributed by atoms with Gasteiger partial charge in [-0.2, -0.15) is 4.31 Å². The Labute approximate surface area is 164 Å². The largest absolute Gasteiger partial charge is 0.462 e. The molecule has 3 rings (SSSR count). The van der Waals surface area contributed by atoms with Crippen LogP contribution in [0.1, 0.15) is 28.8 Å². The summed E-state index contributed by atoms with van der Waals surface area (Å²) in [5.41, 5.74) is 0.466. The summed E-state index contributed by atoms with van der Waals surface area (Å²) in [5, 5.41) is 0. The topological polar surface area (TPSA) is 87.9 Å². The molecule has 1 fully saturated rings. The van der Waals surface area contributed by atoms with E-state index in [1.165, 1.54) is 41.6 Å². The van der Waals surface area contributed by atoms with Crippen LogP contribution in [0.3, 0.4) is 0 Å². The van der Waals surface area contributed by atoms with Gasteiger partial charge in [-0.3, -0.25) is 9.59 Å². The highest BCUT2D eigenvalue weighted by Crippen LogP contribution is 2.19. The highest BCUT2D eigenvalue weighted by Gasteiger charge is 2.29. The Morgan fingerprint density at radius 3 is 2.18 bits per heavy atom. The third-order valence-corrected chi connectivity index (χ3v) is 6.51. The van der Waals surface area contributed by atoms with Crippen LogP contribution in [0.25, 0.3) is 6.08 Å². The molecule has 1 aromatic heterocycles. The van der Waals surface area contributed by atoms with Crippen molar-refractivity contribution in [2.75, 3.05) is 26.2 Å². The van der Waals surface area contributed by atoms with Gasteiger partial charge in [0.2, 0.25) is 15.9 Å². The van der Waals surface area contributed by atoms with E-state index in [2.05, 4.69) is 0 Å². The fraction of sp³-hybridized carbons (Fsp3) is 0.300. The van der Waals surface area contributed by atoms with E-state index in [9.17, 15) is 18.0 Å². The van der Waals surface area contributed by atoms with Crippen LogP contribution in [-0.4, -0.2) is 55.5 Å². The molecule has 0 spiro atoms. The zero-order valence-electron chi connectivity index (χ0n) is 15.8. The van der Waals surface area contributed by atoms with Crippen LogP contribution < -0.4 is 0 Å². The van der Waals surface area contributed by atoms with Crippen molar-refractivity contribution in [3.8, 4) is 0 Å². The Morgan fingerprint density at radius 1 is 1.00 bits per heavy atom. The number of amides is 1. The third kappa shape index (κ3) is 4.40. The van der Waals surface area contributed by atoms with Crippen LogP contribution in [0.2, 0.25) is 0 Å². The quantitative estimate of drug-likeness (QED) is 0.566. The smallest absolute Gasteiger partial charge is 0.246 e. The summed E-state index contributed by atoms with van der Waals surface area (Å²) < 4.78 is 32.3. The summed E-state index contributed by atoms with van der Waals surface area (Å²) in [6.45, 7) is 4.32. The molecule has 0 unspecified atom stereocenters. The van der Waals surface area contributed by atoms with Gasteiger partial charge in [0, 0.05) is 37.8 Å². The van der Waals surface area contributed by atoms with Crippen molar-refractivity contribution >= 4 is 27.8 Å². The van der Waals surface area contributed by atoms with E-state index >= 15 is 0 Å². The Bertz CT molecular complexity index is 997. The minimum absolute atomic E-state index is 0.117. The second-order valence-corrected chi connectivity index (χ2v) is 8.53. The van der Waals surface area contributed by atoms with Crippen molar-refractivity contribution in [2.45, 2.75) is 18.7 Å². The van der Waals surface area contributed by atoms with Gasteiger partial charge in [-0.1, -0.05) is 12.1 Å². The van der Waals surface area contributed by atoms with Crippen LogP contribution in [0, 0.1) is 6.92 Å². The fourth-order valence-electron chi connectivity index (χ4n) is 2.96. The van der Waals surface area contributed by atoms with Crippen molar-refractivity contribution < 1.29 is 22.4 Å². The molecule has 0 bridgehead atoms. The number of benzene rings is 1. The van der Waals surface area contributed by atoms with Crippen molar-refractivity contribution in [3.05, 3.63) is 59.6 Å². The Balaban J connectivity index is 1.61. The maximum Gasteiger partial charge on any atom is 0.246 e. The molecule has 0 aliphatic carbocycles. The number of ketones is 1. The number of hydrogen-bond donors (Lipinski definition) is 0. The monoisotopic (exact) mass is 402 g/mol. The van der Waals surface area contributed by atoms with Gasteiger partial charge >= 0.3 is 0 Å². The lowest BCUT2D eigenvalue weighted by molar-refractivity contribution is -0.127. The van der Waals surface area contributed by atoms with Crippen molar-refractivity contribution in [1.29, 1.82) is 0 Å². The number of furan rings is 1. The molecule has 0 radical (unpaired) electrons. The highest BCUT2D eigenvalue weighted by atomic mass is 32.2. The van der Waals surface area contributed by atoms with E-state index in [1.54, 1.807) is 17.0 Å². The molecule has 148 valence electrons. The predicted molar refractivity (Wildman–Crippen MR) is 104 cm³/mol. The molecule has 1 saturated heterocycles. The number of carbonyl (C=O) groups is 2. The summed E-state index contributed by atoms with van der Waals surface area (Å²) in [4.78, 5) is 25.4. The number of nitrogens with zero attached hydrogens (tertiary/aromatic N) is 2. The standard InChI is InChI=1S/C20H22N2O5S/c1-15-3-6-18(27-15)7-10-20(24)21-11-13-22(14-12-21)28(25,26)19-8-4-17(5-9-19)16(2)23/h3-10H,11-14H2,1-2H3/b10-7+. The van der Waals surface area contributed by atoms with E-state index in [0.717, 1.165) is 5.76 Å². The summed E-state index contributed by atoms with van der Waals surface area (Å²) >= 11 is 0. The van der Waals surface area contributed by atoms with E-state index < -0.39 is 10.0 Å². The summed E-state index contributed by atoms with van der Waals surface area (Å²) in [7, 11) is -3.66. The number of sulfonamides is 1. The van der Waals surface area contributed by atoms with Crippen LogP contribution in [-0.2, 0) is 14.8 Å². The van der Waals surface area contributed by atoms with Crippen LogP contribution in [0.15, 0.2) is 51.8 Å². The lowest BCUT2D eigenvalue weighted by Crippen LogP contribution is -2.50. The third-order valence-electron chi connectivity index (χ3n) is 4.60. The molecule has 2 aromatic rings. The van der Waals surface area contributed by atoms with Crippen molar-refractivity contribution in [2.24, 2.45) is 0 Å². The summed E-state index contributed by atoms with van der Waals surface area (Å²) in [5.74, 6) is 1.06. The van der Waals surface area contributed by atoms with Gasteiger partial charge in [0.15, 0.2) is 5.78 Å². The molecule has 0 N–H and O–H groups in total. The molecule has 1 aliphatic rings. The number of carbonyl (C=O) groups excluding carboxylic acids is 2. The molecule has 0 saturated carbocycles. The molecular formula is C20H22N2O5S. The first-order valence-electron chi connectivity index (χ1n) is 8.92. The van der Waals surface area contributed by atoms with E-state index in [-0.39, 0.29) is 29.7 Å². The zero-order valence-corrected chi connectivity index (χ0v) is 16.6. The first kappa shape index (κ1) is 20.0. The normalized spacial score (nSPS) is 15.9. The van der Waals surface area contributed by atoms with Crippen molar-refractivity contribution in [3.63, 3.8) is 0 Å². The van der Waals surface area contributed by atoms with Crippen molar-refractivity contribution in [1.82, 2.24) is 9.21 Å². The minimum Gasteiger partial charge on any atom is -0.462 e. The molecule has 8 heteroatoms. The summed E-state index contributed by atoms with van der Waals surface area (Å²) in [6, 6.07) is 9.50. The average Bonchev–Trinajstić information content (AvgIpc) is 3.11. The Hall–Kier alpha value is -2.71. The maximum atomic E-state index is 12.8. The number of piperazine rings is 1. The summed E-state index contributed by atoms with van der Waals surface area (Å²) in [6.07, 6.45) is 3.04. The molecular weight excluding hydrogens is 380 g/mol. The fourth-order valence-corrected chi connectivity index (χ4v) is 4.38. The second-order valence-electron chi connectivity index (χ2n) is 6.59. The van der Waals surface area contributed by atoms with E-state index in [4.69, 9.17) is 4.42 Å². The number of Topliss-reactive ketones (excluding diaryl/α,β-unsaturated/α-hetero) is 1. The van der Waals surface area contributed by atoms with Gasteiger partial charge in [0.1, 0.15) is 11.5 Å². The van der Waals surface area contributed by atoms with Gasteiger partial charge in [-0.05, 0) is 44.2 Å². The molecule has 1 aliphatic heterocycles. The lowest BCUT2D eigenvalue weighted by Gasteiger charge is -2.33. The van der Waals surface area contributed by atoms with Gasteiger partial charge in [0.25, 0.3) is 0 Å². The molecule has 28 heavy (non-hydrogen) atoms. The van der Waals surface area contributed by atoms with Gasteiger partial charge in [-0.25, -0.2) is 8.42 Å². The SMILES string of the molecule is CC(=O)c1ccc(S(=O)(=O)N2CCN(C(=O)/C=C/c3ccc(C)o3)CC2)cc1.